The van der Waals surface area contributed by atoms with Crippen LogP contribution in [0.1, 0.15) is 25.3 Å². The van der Waals surface area contributed by atoms with Crippen molar-refractivity contribution in [3.63, 3.8) is 0 Å². The Kier molecular flexibility index (Phi) is 1.97. The van der Waals surface area contributed by atoms with E-state index in [0.29, 0.717) is 5.92 Å². The molecule has 2 rings (SSSR count). The van der Waals surface area contributed by atoms with Gasteiger partial charge >= 0.3 is 0 Å². The molecule has 0 atom stereocenters. The summed E-state index contributed by atoms with van der Waals surface area (Å²) in [6.07, 6.45) is 2.80. The van der Waals surface area contributed by atoms with Crippen molar-refractivity contribution in [2.45, 2.75) is 31.8 Å². The van der Waals surface area contributed by atoms with Gasteiger partial charge in [0, 0.05) is 6.42 Å². The van der Waals surface area contributed by atoms with Gasteiger partial charge in [0.1, 0.15) is 0 Å². The first kappa shape index (κ1) is 8.27. The topological polar surface area (TPSA) is 20.2 Å². The van der Waals surface area contributed by atoms with E-state index in [0.717, 1.165) is 19.3 Å². The van der Waals surface area contributed by atoms with Gasteiger partial charge in [-0.1, -0.05) is 6.92 Å². The van der Waals surface area contributed by atoms with E-state index < -0.39 is 0 Å². The molecule has 0 saturated heterocycles. The highest BCUT2D eigenvalue weighted by atomic mass is 32.1. The highest BCUT2D eigenvalue weighted by molar-refractivity contribution is 7.07. The molecule has 1 saturated carbocycles. The molecule has 1 N–H and O–H groups in total. The average Bonchev–Trinajstić information content (AvgIpc) is 2.36. The van der Waals surface area contributed by atoms with Crippen LogP contribution in [-0.4, -0.2) is 10.7 Å². The number of thiophene rings is 1. The summed E-state index contributed by atoms with van der Waals surface area (Å²) in [5.74, 6) is 0.716. The molecule has 1 aliphatic carbocycles. The molecule has 1 aromatic heterocycles. The van der Waals surface area contributed by atoms with Crippen LogP contribution < -0.4 is 0 Å². The Labute approximate surface area is 77.0 Å². The lowest BCUT2D eigenvalue weighted by molar-refractivity contribution is -0.0665. The monoisotopic (exact) mass is 182 g/mol. The Morgan fingerprint density at radius 2 is 2.42 bits per heavy atom. The van der Waals surface area contributed by atoms with Gasteiger partial charge in [-0.15, -0.1) is 0 Å². The predicted molar refractivity (Wildman–Crippen MR) is 51.4 cm³/mol. The van der Waals surface area contributed by atoms with Gasteiger partial charge in [-0.05, 0) is 41.1 Å². The number of hydrogen-bond acceptors (Lipinski definition) is 2. The number of hydrogen-bond donors (Lipinski definition) is 1. The lowest BCUT2D eigenvalue weighted by Gasteiger charge is -2.42. The summed E-state index contributed by atoms with van der Waals surface area (Å²) in [4.78, 5) is 0. The zero-order chi connectivity index (χ0) is 8.60. The fraction of sp³-hybridized carbons (Fsp3) is 0.600. The van der Waals surface area contributed by atoms with Gasteiger partial charge in [0.2, 0.25) is 0 Å². The summed E-state index contributed by atoms with van der Waals surface area (Å²) in [5, 5.41) is 14.2. The van der Waals surface area contributed by atoms with Crippen molar-refractivity contribution in [1.82, 2.24) is 0 Å². The van der Waals surface area contributed by atoms with Crippen LogP contribution in [0.25, 0.3) is 0 Å². The smallest absolute Gasteiger partial charge is 0.0693 e. The maximum Gasteiger partial charge on any atom is 0.0693 e. The van der Waals surface area contributed by atoms with Gasteiger partial charge in [0.25, 0.3) is 0 Å². The molecular formula is C10H14OS. The summed E-state index contributed by atoms with van der Waals surface area (Å²) >= 11 is 1.70. The molecule has 0 bridgehead atoms. The molecule has 1 fully saturated rings. The van der Waals surface area contributed by atoms with Crippen LogP contribution in [0, 0.1) is 5.92 Å². The maximum atomic E-state index is 9.96. The minimum absolute atomic E-state index is 0.375. The summed E-state index contributed by atoms with van der Waals surface area (Å²) < 4.78 is 0. The van der Waals surface area contributed by atoms with E-state index in [4.69, 9.17) is 0 Å². The molecule has 1 aliphatic rings. The molecule has 2 heteroatoms. The van der Waals surface area contributed by atoms with Crippen LogP contribution in [0.2, 0.25) is 0 Å². The second kappa shape index (κ2) is 2.86. The highest BCUT2D eigenvalue weighted by Crippen LogP contribution is 2.39. The molecular weight excluding hydrogens is 168 g/mol. The zero-order valence-corrected chi connectivity index (χ0v) is 8.10. The number of aliphatic hydroxyl groups is 1. The molecule has 0 spiro atoms. The second-order valence-corrected chi connectivity index (χ2v) is 4.83. The van der Waals surface area contributed by atoms with Crippen molar-refractivity contribution in [1.29, 1.82) is 0 Å². The van der Waals surface area contributed by atoms with Gasteiger partial charge in [0.05, 0.1) is 5.60 Å². The lowest BCUT2D eigenvalue weighted by atomic mass is 9.69. The Bertz CT molecular complexity index is 247. The molecule has 1 aromatic rings. The van der Waals surface area contributed by atoms with Crippen LogP contribution in [0.3, 0.4) is 0 Å². The quantitative estimate of drug-likeness (QED) is 0.745. The SMILES string of the molecule is CC1CC(O)(Cc2ccsc2)C1. The average molecular weight is 182 g/mol. The molecule has 1 nitrogen and oxygen atoms in total. The maximum absolute atomic E-state index is 9.96. The van der Waals surface area contributed by atoms with E-state index in [2.05, 4.69) is 23.8 Å². The van der Waals surface area contributed by atoms with Crippen molar-refractivity contribution in [2.24, 2.45) is 5.92 Å². The Morgan fingerprint density at radius 3 is 2.92 bits per heavy atom. The fourth-order valence-corrected chi connectivity index (χ4v) is 2.82. The molecule has 0 aromatic carbocycles. The van der Waals surface area contributed by atoms with Crippen LogP contribution in [-0.2, 0) is 6.42 Å². The Balaban J connectivity index is 1.96. The van der Waals surface area contributed by atoms with Crippen LogP contribution in [0.4, 0.5) is 0 Å². The predicted octanol–water partition coefficient (Wildman–Crippen LogP) is 2.45. The van der Waals surface area contributed by atoms with Gasteiger partial charge in [-0.3, -0.25) is 0 Å². The number of rotatable bonds is 2. The first-order valence-electron chi connectivity index (χ1n) is 4.41. The summed E-state index contributed by atoms with van der Waals surface area (Å²) in [5.41, 5.74) is 0.912. The van der Waals surface area contributed by atoms with Crippen LogP contribution in [0.5, 0.6) is 0 Å². The fourth-order valence-electron chi connectivity index (χ4n) is 2.16. The third-order valence-corrected chi connectivity index (χ3v) is 3.30. The van der Waals surface area contributed by atoms with E-state index in [1.807, 2.05) is 0 Å². The Hall–Kier alpha value is -0.340. The van der Waals surface area contributed by atoms with Gasteiger partial charge < -0.3 is 5.11 Å². The summed E-state index contributed by atoms with van der Waals surface area (Å²) in [7, 11) is 0. The normalized spacial score (nSPS) is 34.7. The van der Waals surface area contributed by atoms with Crippen LogP contribution >= 0.6 is 11.3 Å². The van der Waals surface area contributed by atoms with Crippen molar-refractivity contribution in [3.8, 4) is 0 Å². The minimum Gasteiger partial charge on any atom is -0.390 e. The minimum atomic E-state index is -0.375. The summed E-state index contributed by atoms with van der Waals surface area (Å²) in [6.45, 7) is 2.20. The molecule has 0 radical (unpaired) electrons. The Morgan fingerprint density at radius 1 is 1.67 bits per heavy atom. The molecule has 1 heterocycles. The first-order chi connectivity index (χ1) is 5.68. The zero-order valence-electron chi connectivity index (χ0n) is 7.29. The lowest BCUT2D eigenvalue weighted by Crippen LogP contribution is -2.44. The third kappa shape index (κ3) is 1.54. The molecule has 66 valence electrons. The largest absolute Gasteiger partial charge is 0.390 e. The summed E-state index contributed by atoms with van der Waals surface area (Å²) in [6, 6.07) is 2.10. The van der Waals surface area contributed by atoms with Crippen molar-refractivity contribution in [2.75, 3.05) is 0 Å². The van der Waals surface area contributed by atoms with Crippen molar-refractivity contribution >= 4 is 11.3 Å². The third-order valence-electron chi connectivity index (χ3n) is 2.57. The van der Waals surface area contributed by atoms with E-state index in [1.165, 1.54) is 5.56 Å². The van der Waals surface area contributed by atoms with Gasteiger partial charge in [0.15, 0.2) is 0 Å². The van der Waals surface area contributed by atoms with E-state index in [-0.39, 0.29) is 5.60 Å². The van der Waals surface area contributed by atoms with E-state index in [9.17, 15) is 5.11 Å². The van der Waals surface area contributed by atoms with E-state index in [1.54, 1.807) is 11.3 Å². The van der Waals surface area contributed by atoms with Crippen LogP contribution in [0.15, 0.2) is 16.8 Å². The first-order valence-corrected chi connectivity index (χ1v) is 5.36. The molecule has 0 aliphatic heterocycles. The van der Waals surface area contributed by atoms with E-state index >= 15 is 0 Å². The van der Waals surface area contributed by atoms with Crippen molar-refractivity contribution < 1.29 is 5.11 Å². The molecule has 0 unspecified atom stereocenters. The van der Waals surface area contributed by atoms with Gasteiger partial charge in [-0.2, -0.15) is 11.3 Å². The second-order valence-electron chi connectivity index (χ2n) is 4.05. The van der Waals surface area contributed by atoms with Crippen molar-refractivity contribution in [3.05, 3.63) is 22.4 Å². The van der Waals surface area contributed by atoms with Gasteiger partial charge in [-0.25, -0.2) is 0 Å². The molecule has 0 amide bonds. The highest BCUT2D eigenvalue weighted by Gasteiger charge is 2.39. The molecule has 12 heavy (non-hydrogen) atoms. The standard InChI is InChI=1S/C10H14OS/c1-8-4-10(11,5-8)6-9-2-3-12-7-9/h2-3,7-8,11H,4-6H2,1H3.